The number of carbonyl (C=O) groups excluding carboxylic acids is 2. The van der Waals surface area contributed by atoms with Gasteiger partial charge in [0.2, 0.25) is 0 Å². The third-order valence-electron chi connectivity index (χ3n) is 4.96. The zero-order valence-electron chi connectivity index (χ0n) is 14.5. The van der Waals surface area contributed by atoms with Gasteiger partial charge in [-0.3, -0.25) is 4.79 Å². The highest BCUT2D eigenvalue weighted by atomic mass is 16.5. The Kier molecular flexibility index (Phi) is 5.42. The van der Waals surface area contributed by atoms with Gasteiger partial charge in [-0.1, -0.05) is 19.1 Å². The number of quaternary nitrogens is 1. The van der Waals surface area contributed by atoms with Crippen LogP contribution in [0.4, 0.5) is 5.69 Å². The molecule has 5 nitrogen and oxygen atoms in total. The molecule has 1 aliphatic rings. The lowest BCUT2D eigenvalue weighted by molar-refractivity contribution is -0.913. The summed E-state index contributed by atoms with van der Waals surface area (Å²) in [6.45, 7) is 5.99. The number of esters is 1. The molecule has 1 aromatic rings. The number of amides is 1. The molecule has 0 aliphatic carbocycles. The Morgan fingerprint density at radius 3 is 2.52 bits per heavy atom. The summed E-state index contributed by atoms with van der Waals surface area (Å²) in [7, 11) is 3.50. The number of ether oxygens (including phenoxy) is 1. The molecule has 1 saturated heterocycles. The van der Waals surface area contributed by atoms with Crippen molar-refractivity contribution in [1.29, 1.82) is 0 Å². The van der Waals surface area contributed by atoms with Gasteiger partial charge < -0.3 is 14.5 Å². The topological polar surface area (TPSA) is 55.4 Å². The number of likely N-dealkylation sites (tertiary alicyclic amines) is 1. The molecule has 126 valence electrons. The molecule has 0 aromatic heterocycles. The molecule has 1 heterocycles. The van der Waals surface area contributed by atoms with Crippen LogP contribution in [0.3, 0.4) is 0 Å². The minimum absolute atomic E-state index is 0.0173. The smallest absolute Gasteiger partial charge is 0.339 e. The number of hydrogen-bond donors (Lipinski definition) is 1. The van der Waals surface area contributed by atoms with E-state index in [1.807, 2.05) is 19.9 Å². The van der Waals surface area contributed by atoms with Gasteiger partial charge in [0.15, 0.2) is 6.04 Å². The number of para-hydroxylation sites is 1. The summed E-state index contributed by atoms with van der Waals surface area (Å²) in [4.78, 5) is 24.8. The van der Waals surface area contributed by atoms with Crippen LogP contribution < -0.4 is 5.32 Å². The van der Waals surface area contributed by atoms with Crippen molar-refractivity contribution in [3.8, 4) is 0 Å². The van der Waals surface area contributed by atoms with Crippen LogP contribution in [-0.4, -0.2) is 49.6 Å². The second kappa shape index (κ2) is 7.13. The second-order valence-electron chi connectivity index (χ2n) is 6.54. The average Bonchev–Trinajstić information content (AvgIpc) is 2.96. The van der Waals surface area contributed by atoms with Gasteiger partial charge in [0.05, 0.1) is 38.5 Å². The fourth-order valence-electron chi connectivity index (χ4n) is 3.60. The fourth-order valence-corrected chi connectivity index (χ4v) is 3.60. The van der Waals surface area contributed by atoms with Gasteiger partial charge >= 0.3 is 5.97 Å². The number of nitrogens with zero attached hydrogens (tertiary/aromatic N) is 1. The van der Waals surface area contributed by atoms with Gasteiger partial charge in [-0.15, -0.1) is 0 Å². The van der Waals surface area contributed by atoms with Crippen LogP contribution in [0, 0.1) is 6.92 Å². The monoisotopic (exact) mass is 319 g/mol. The van der Waals surface area contributed by atoms with Gasteiger partial charge in [0.1, 0.15) is 0 Å². The lowest BCUT2D eigenvalue weighted by atomic mass is 10.1. The van der Waals surface area contributed by atoms with Crippen LogP contribution >= 0.6 is 0 Å². The number of likely N-dealkylation sites (N-methyl/N-ethyl adjacent to an activating group) is 1. The minimum atomic E-state index is -0.432. The second-order valence-corrected chi connectivity index (χ2v) is 6.54. The number of anilines is 1. The van der Waals surface area contributed by atoms with Crippen LogP contribution in [0.15, 0.2) is 18.2 Å². The SMILES string of the molecule is CCC(C(=O)Nc1c(C)cccc1C(=O)OC)[N+]1(C)CCCC1. The average molecular weight is 319 g/mol. The summed E-state index contributed by atoms with van der Waals surface area (Å²) in [5.41, 5.74) is 1.83. The Bertz CT molecular complexity index is 592. The molecule has 0 bridgehead atoms. The van der Waals surface area contributed by atoms with Crippen molar-refractivity contribution in [1.82, 2.24) is 0 Å². The molecule has 1 N–H and O–H groups in total. The summed E-state index contributed by atoms with van der Waals surface area (Å²) < 4.78 is 5.61. The van der Waals surface area contributed by atoms with E-state index in [-0.39, 0.29) is 11.9 Å². The van der Waals surface area contributed by atoms with E-state index in [9.17, 15) is 9.59 Å². The Labute approximate surface area is 138 Å². The Balaban J connectivity index is 2.27. The molecule has 1 aromatic carbocycles. The number of nitrogens with one attached hydrogen (secondary N) is 1. The number of hydrogen-bond acceptors (Lipinski definition) is 3. The molecule has 1 aliphatic heterocycles. The highest BCUT2D eigenvalue weighted by molar-refractivity contribution is 6.03. The van der Waals surface area contributed by atoms with E-state index in [0.717, 1.165) is 42.4 Å². The third kappa shape index (κ3) is 3.55. The number of benzene rings is 1. The van der Waals surface area contributed by atoms with Crippen LogP contribution in [0.1, 0.15) is 42.1 Å². The van der Waals surface area contributed by atoms with E-state index in [1.54, 1.807) is 12.1 Å². The highest BCUT2D eigenvalue weighted by Gasteiger charge is 2.39. The lowest BCUT2D eigenvalue weighted by Crippen LogP contribution is -2.55. The van der Waals surface area contributed by atoms with Crippen molar-refractivity contribution in [3.05, 3.63) is 29.3 Å². The fraction of sp³-hybridized carbons (Fsp3) is 0.556. The van der Waals surface area contributed by atoms with Crippen molar-refractivity contribution in [3.63, 3.8) is 0 Å². The first-order valence-electron chi connectivity index (χ1n) is 8.26. The summed E-state index contributed by atoms with van der Waals surface area (Å²) in [6.07, 6.45) is 3.11. The summed E-state index contributed by atoms with van der Waals surface area (Å²) in [6, 6.07) is 5.27. The van der Waals surface area contributed by atoms with E-state index >= 15 is 0 Å². The highest BCUT2D eigenvalue weighted by Crippen LogP contribution is 2.26. The summed E-state index contributed by atoms with van der Waals surface area (Å²) in [5, 5.41) is 2.99. The first-order chi connectivity index (χ1) is 10.9. The molecule has 0 radical (unpaired) electrons. The van der Waals surface area contributed by atoms with E-state index in [2.05, 4.69) is 12.4 Å². The maximum atomic E-state index is 12.9. The predicted molar refractivity (Wildman–Crippen MR) is 90.4 cm³/mol. The van der Waals surface area contributed by atoms with Gasteiger partial charge in [0, 0.05) is 19.3 Å². The molecule has 0 saturated carbocycles. The minimum Gasteiger partial charge on any atom is -0.465 e. The Hall–Kier alpha value is -1.88. The Morgan fingerprint density at radius 1 is 1.30 bits per heavy atom. The van der Waals surface area contributed by atoms with E-state index in [1.165, 1.54) is 7.11 Å². The van der Waals surface area contributed by atoms with E-state index < -0.39 is 5.97 Å². The van der Waals surface area contributed by atoms with Gasteiger partial charge in [0.25, 0.3) is 5.91 Å². The number of aryl methyl sites for hydroxylation is 1. The van der Waals surface area contributed by atoms with Crippen molar-refractivity contribution in [2.75, 3.05) is 32.6 Å². The van der Waals surface area contributed by atoms with E-state index in [4.69, 9.17) is 4.74 Å². The maximum Gasteiger partial charge on any atom is 0.339 e. The third-order valence-corrected chi connectivity index (χ3v) is 4.96. The molecule has 5 heteroatoms. The van der Waals surface area contributed by atoms with Gasteiger partial charge in [-0.05, 0) is 18.6 Å². The molecular formula is C18H27N2O3+. The normalized spacial score (nSPS) is 17.6. The van der Waals surface area contributed by atoms with Gasteiger partial charge in [-0.25, -0.2) is 4.79 Å². The Morgan fingerprint density at radius 2 is 1.96 bits per heavy atom. The van der Waals surface area contributed by atoms with Crippen molar-refractivity contribution in [2.45, 2.75) is 39.2 Å². The molecular weight excluding hydrogens is 292 g/mol. The first-order valence-corrected chi connectivity index (χ1v) is 8.26. The van der Waals surface area contributed by atoms with E-state index in [0.29, 0.717) is 11.3 Å². The molecule has 1 unspecified atom stereocenters. The molecule has 1 amide bonds. The van der Waals surface area contributed by atoms with Crippen LogP contribution in [0.2, 0.25) is 0 Å². The standard InChI is InChI=1S/C18H26N2O3/c1-5-15(20(3)11-6-7-12-20)17(21)19-16-13(2)9-8-10-14(16)18(22)23-4/h8-10,15H,5-7,11-12H2,1-4H3/p+1. The molecule has 0 spiro atoms. The van der Waals surface area contributed by atoms with Gasteiger partial charge in [-0.2, -0.15) is 0 Å². The van der Waals surface area contributed by atoms with Crippen molar-refractivity contribution in [2.24, 2.45) is 0 Å². The lowest BCUT2D eigenvalue weighted by Gasteiger charge is -2.36. The largest absolute Gasteiger partial charge is 0.465 e. The predicted octanol–water partition coefficient (Wildman–Crippen LogP) is 2.74. The quantitative estimate of drug-likeness (QED) is 0.671. The molecule has 23 heavy (non-hydrogen) atoms. The number of rotatable bonds is 5. The van der Waals surface area contributed by atoms with Crippen LogP contribution in [0.25, 0.3) is 0 Å². The zero-order valence-corrected chi connectivity index (χ0v) is 14.5. The molecule has 2 rings (SSSR count). The number of methoxy groups -OCH3 is 1. The van der Waals surface area contributed by atoms with Crippen molar-refractivity contribution >= 4 is 17.6 Å². The molecule has 1 atom stereocenters. The van der Waals surface area contributed by atoms with Crippen LogP contribution in [-0.2, 0) is 9.53 Å². The van der Waals surface area contributed by atoms with Crippen LogP contribution in [0.5, 0.6) is 0 Å². The number of carbonyl (C=O) groups is 2. The summed E-state index contributed by atoms with van der Waals surface area (Å²) >= 11 is 0. The van der Waals surface area contributed by atoms with Crippen molar-refractivity contribution < 1.29 is 18.8 Å². The maximum absolute atomic E-state index is 12.9. The first kappa shape index (κ1) is 17.5. The zero-order chi connectivity index (χ0) is 17.0. The molecule has 1 fully saturated rings. The summed E-state index contributed by atoms with van der Waals surface area (Å²) in [5.74, 6) is -0.449.